The topological polar surface area (TPSA) is 3.24 Å². The van der Waals surface area contributed by atoms with Gasteiger partial charge in [0.1, 0.15) is 0 Å². The molecule has 2 aliphatic carbocycles. The zero-order valence-electron chi connectivity index (χ0n) is 27.1. The van der Waals surface area contributed by atoms with Crippen LogP contribution in [0.25, 0.3) is 86.9 Å². The molecule has 0 saturated carbocycles. The summed E-state index contributed by atoms with van der Waals surface area (Å²) in [5.41, 5.74) is 19.1. The van der Waals surface area contributed by atoms with Gasteiger partial charge >= 0.3 is 0 Å². The first kappa shape index (κ1) is 27.7. The molecule has 0 N–H and O–H groups in total. The summed E-state index contributed by atoms with van der Waals surface area (Å²) in [6.07, 6.45) is 0. The van der Waals surface area contributed by atoms with Crippen LogP contribution in [0, 0.1) is 0 Å². The van der Waals surface area contributed by atoms with Crippen LogP contribution in [0.2, 0.25) is 0 Å². The van der Waals surface area contributed by atoms with E-state index in [1.807, 2.05) is 11.3 Å². The van der Waals surface area contributed by atoms with Gasteiger partial charge in [-0.2, -0.15) is 0 Å². The molecule has 0 saturated heterocycles. The van der Waals surface area contributed by atoms with Crippen molar-refractivity contribution >= 4 is 48.6 Å². The molecule has 0 radical (unpaired) electrons. The zero-order valence-corrected chi connectivity index (χ0v) is 27.9. The van der Waals surface area contributed by atoms with Crippen molar-refractivity contribution in [1.82, 2.24) is 0 Å². The maximum Gasteiger partial charge on any atom is 0.0640 e. The molecule has 1 aromatic heterocycles. The van der Waals surface area contributed by atoms with Crippen molar-refractivity contribution in [1.29, 1.82) is 0 Å². The number of hydrogen-bond donors (Lipinski definition) is 0. The SMILES string of the molecule is c1ccc(N(c2ccc(-c3ccc4c(c3)-c3c5cccc3-c3cccc-4c3-c3ccccc3-5)cc2)c2cccc3c2sc2ccccc23)cc1. The predicted octanol–water partition coefficient (Wildman–Crippen LogP) is 14.2. The van der Waals surface area contributed by atoms with Gasteiger partial charge < -0.3 is 4.90 Å². The highest BCUT2D eigenvalue weighted by Crippen LogP contribution is 2.57. The lowest BCUT2D eigenvalue weighted by molar-refractivity contribution is 1.30. The van der Waals surface area contributed by atoms with Crippen LogP contribution in [0.4, 0.5) is 17.1 Å². The van der Waals surface area contributed by atoms with Gasteiger partial charge in [0.05, 0.1) is 10.4 Å². The molecule has 50 heavy (non-hydrogen) atoms. The number of nitrogens with zero attached hydrogens (tertiary/aromatic N) is 1. The molecule has 0 aliphatic heterocycles. The van der Waals surface area contributed by atoms with Crippen molar-refractivity contribution in [3.63, 3.8) is 0 Å². The van der Waals surface area contributed by atoms with Crippen molar-refractivity contribution in [2.24, 2.45) is 0 Å². The summed E-state index contributed by atoms with van der Waals surface area (Å²) in [6.45, 7) is 0. The van der Waals surface area contributed by atoms with Gasteiger partial charge in [-0.1, -0.05) is 133 Å². The van der Waals surface area contributed by atoms with Crippen LogP contribution in [-0.4, -0.2) is 0 Å². The standard InChI is InChI=1S/C48H29NS/c1-2-11-32(12-3-1)49(44-21-10-20-42-36-14-6-7-22-45(36)50-48(42)44)33-26-23-30(24-27-33)31-25-28-35-39-17-9-18-40-41-19-8-16-38(47(41)43(35)29-31)34-13-4-5-15-37(34)46(39)40/h1-29H. The van der Waals surface area contributed by atoms with Gasteiger partial charge in [0.25, 0.3) is 0 Å². The van der Waals surface area contributed by atoms with Gasteiger partial charge in [0, 0.05) is 26.8 Å². The molecule has 0 fully saturated rings. The third-order valence-electron chi connectivity index (χ3n) is 10.6. The van der Waals surface area contributed by atoms with Crippen molar-refractivity contribution in [3.05, 3.63) is 176 Å². The second kappa shape index (κ2) is 10.6. The summed E-state index contributed by atoms with van der Waals surface area (Å²) in [6, 6.07) is 64.9. The average Bonchev–Trinajstić information content (AvgIpc) is 3.52. The molecule has 232 valence electrons. The first-order valence-corrected chi connectivity index (χ1v) is 18.0. The van der Waals surface area contributed by atoms with Crippen molar-refractivity contribution < 1.29 is 0 Å². The second-order valence-corrected chi connectivity index (χ2v) is 14.3. The van der Waals surface area contributed by atoms with E-state index in [0.717, 1.165) is 11.4 Å². The monoisotopic (exact) mass is 651 g/mol. The number of para-hydroxylation sites is 1. The van der Waals surface area contributed by atoms with Gasteiger partial charge in [-0.3, -0.25) is 0 Å². The smallest absolute Gasteiger partial charge is 0.0640 e. The Labute approximate surface area is 295 Å². The minimum absolute atomic E-state index is 1.14. The Morgan fingerprint density at radius 1 is 0.340 bits per heavy atom. The molecule has 6 bridgehead atoms. The zero-order chi connectivity index (χ0) is 32.8. The Hall–Kier alpha value is -6.22. The van der Waals surface area contributed by atoms with E-state index in [1.165, 1.54) is 92.6 Å². The Kier molecular flexibility index (Phi) is 5.89. The molecule has 11 rings (SSSR count). The number of fused-ring (bicyclic) bond motifs is 7. The van der Waals surface area contributed by atoms with E-state index in [1.54, 1.807) is 0 Å². The van der Waals surface area contributed by atoms with Crippen molar-refractivity contribution in [3.8, 4) is 66.8 Å². The third kappa shape index (κ3) is 3.94. The number of anilines is 3. The van der Waals surface area contributed by atoms with Crippen LogP contribution in [0.1, 0.15) is 0 Å². The molecule has 1 nitrogen and oxygen atoms in total. The highest BCUT2D eigenvalue weighted by molar-refractivity contribution is 7.26. The van der Waals surface area contributed by atoms with E-state index in [9.17, 15) is 0 Å². The highest BCUT2D eigenvalue weighted by atomic mass is 32.1. The molecule has 1 heterocycles. The lowest BCUT2D eigenvalue weighted by atomic mass is 9.83. The van der Waals surface area contributed by atoms with Crippen LogP contribution < -0.4 is 4.90 Å². The van der Waals surface area contributed by atoms with E-state index in [4.69, 9.17) is 0 Å². The van der Waals surface area contributed by atoms with Crippen LogP contribution >= 0.6 is 11.3 Å². The fourth-order valence-electron chi connectivity index (χ4n) is 8.40. The summed E-state index contributed by atoms with van der Waals surface area (Å²) in [4.78, 5) is 2.40. The molecule has 0 amide bonds. The normalized spacial score (nSPS) is 12.0. The van der Waals surface area contributed by atoms with Crippen LogP contribution in [0.5, 0.6) is 0 Å². The molecule has 2 heteroatoms. The lowest BCUT2D eigenvalue weighted by Crippen LogP contribution is -2.09. The minimum Gasteiger partial charge on any atom is -0.309 e. The molecule has 0 atom stereocenters. The van der Waals surface area contributed by atoms with Gasteiger partial charge in [0.2, 0.25) is 0 Å². The molecule has 0 spiro atoms. The molecule has 8 aromatic carbocycles. The average molecular weight is 652 g/mol. The summed E-state index contributed by atoms with van der Waals surface area (Å²) < 4.78 is 2.61. The third-order valence-corrected chi connectivity index (χ3v) is 11.8. The first-order valence-electron chi connectivity index (χ1n) is 17.2. The molecule has 9 aromatic rings. The van der Waals surface area contributed by atoms with Gasteiger partial charge in [-0.05, 0) is 109 Å². The summed E-state index contributed by atoms with van der Waals surface area (Å²) >= 11 is 1.87. The van der Waals surface area contributed by atoms with Gasteiger partial charge in [0.15, 0.2) is 0 Å². The summed E-state index contributed by atoms with van der Waals surface area (Å²) in [7, 11) is 0. The Morgan fingerprint density at radius 3 is 1.66 bits per heavy atom. The highest BCUT2D eigenvalue weighted by Gasteiger charge is 2.30. The first-order chi connectivity index (χ1) is 24.8. The number of thiophene rings is 1. The van der Waals surface area contributed by atoms with Crippen LogP contribution in [-0.2, 0) is 0 Å². The molecule has 0 unspecified atom stereocenters. The minimum atomic E-state index is 1.14. The molecule has 2 aliphatic rings. The maximum atomic E-state index is 2.42. The fourth-order valence-corrected chi connectivity index (χ4v) is 9.61. The Balaban J connectivity index is 1.06. The molecular weight excluding hydrogens is 623 g/mol. The van der Waals surface area contributed by atoms with Crippen molar-refractivity contribution in [2.75, 3.05) is 4.90 Å². The summed E-state index contributed by atoms with van der Waals surface area (Å²) in [5.74, 6) is 0. The van der Waals surface area contributed by atoms with E-state index in [2.05, 4.69) is 181 Å². The maximum absolute atomic E-state index is 2.42. The second-order valence-electron chi connectivity index (χ2n) is 13.2. The number of rotatable bonds is 4. The van der Waals surface area contributed by atoms with Crippen molar-refractivity contribution in [2.45, 2.75) is 0 Å². The lowest BCUT2D eigenvalue weighted by Gasteiger charge is -2.26. The van der Waals surface area contributed by atoms with E-state index in [0.29, 0.717) is 0 Å². The summed E-state index contributed by atoms with van der Waals surface area (Å²) in [5, 5.41) is 2.61. The molecular formula is C48H29NS. The van der Waals surface area contributed by atoms with Gasteiger partial charge in [-0.15, -0.1) is 11.3 Å². The quantitative estimate of drug-likeness (QED) is 0.183. The number of benzene rings is 8. The van der Waals surface area contributed by atoms with Crippen LogP contribution in [0.3, 0.4) is 0 Å². The van der Waals surface area contributed by atoms with Crippen LogP contribution in [0.15, 0.2) is 176 Å². The van der Waals surface area contributed by atoms with E-state index < -0.39 is 0 Å². The van der Waals surface area contributed by atoms with E-state index in [-0.39, 0.29) is 0 Å². The Morgan fingerprint density at radius 2 is 0.880 bits per heavy atom. The largest absolute Gasteiger partial charge is 0.309 e. The predicted molar refractivity (Wildman–Crippen MR) is 214 cm³/mol. The van der Waals surface area contributed by atoms with Gasteiger partial charge in [-0.25, -0.2) is 0 Å². The number of hydrogen-bond acceptors (Lipinski definition) is 2. The fraction of sp³-hybridized carbons (Fsp3) is 0. The Bertz CT molecular complexity index is 2780. The van der Waals surface area contributed by atoms with E-state index >= 15 is 0 Å².